The largest absolute Gasteiger partial charge is 0.383 e. The monoisotopic (exact) mass is 530 g/mol. The molecule has 0 unspecified atom stereocenters. The van der Waals surface area contributed by atoms with Crippen LogP contribution in [-0.2, 0) is 16.8 Å². The van der Waals surface area contributed by atoms with Gasteiger partial charge in [0.25, 0.3) is 11.5 Å². The third-order valence-corrected chi connectivity index (χ3v) is 7.79. The molecule has 0 aliphatic carbocycles. The van der Waals surface area contributed by atoms with Gasteiger partial charge in [0.15, 0.2) is 0 Å². The fourth-order valence-corrected chi connectivity index (χ4v) is 5.00. The van der Waals surface area contributed by atoms with Gasteiger partial charge in [0, 0.05) is 53.3 Å². The van der Waals surface area contributed by atoms with Gasteiger partial charge in [-0.1, -0.05) is 29.8 Å². The number of nitrogen functional groups attached to an aromatic ring is 1. The Balaban J connectivity index is 1.82. The number of aromatic amines is 1. The van der Waals surface area contributed by atoms with Gasteiger partial charge in [-0.25, -0.2) is 9.71 Å². The molecule has 5 aromatic rings. The maximum absolute atomic E-state index is 13.7. The van der Waals surface area contributed by atoms with E-state index in [1.165, 1.54) is 20.3 Å². The topological polar surface area (TPSA) is 143 Å². The molecule has 10 nitrogen and oxygen atoms in total. The first-order valence-corrected chi connectivity index (χ1v) is 13.2. The van der Waals surface area contributed by atoms with E-state index in [0.717, 1.165) is 20.8 Å². The summed E-state index contributed by atoms with van der Waals surface area (Å²) in [6.45, 7) is 2.01. The number of amides is 1. The molecule has 1 amide bonds. The number of aryl methyl sites for hydroxylation is 1. The number of fused-ring (bicyclic) bond motifs is 2. The Kier molecular flexibility index (Phi) is 6.25. The summed E-state index contributed by atoms with van der Waals surface area (Å²) < 4.78 is 30.0. The molecule has 0 saturated heterocycles. The van der Waals surface area contributed by atoms with Gasteiger partial charge in [0.2, 0.25) is 0 Å². The zero-order valence-electron chi connectivity index (χ0n) is 21.0. The predicted molar refractivity (Wildman–Crippen MR) is 148 cm³/mol. The number of nitrogens with two attached hydrogens (primary N) is 1. The standard InChI is InChI=1S/C27H26N6O4S/c1-16-10-11-22-20(13-16)23(19-8-6-12-29-26(19)34)24(27(35)31-38(36,37)32(2)3)33(22)15-18-14-17-7-4-5-9-21(17)30-25(18)28/h4-14H,15H2,1-3H3,(H2,28,30)(H,29,34)(H,31,35). The maximum atomic E-state index is 13.7. The lowest BCUT2D eigenvalue weighted by Gasteiger charge is -2.16. The smallest absolute Gasteiger partial charge is 0.303 e. The van der Waals surface area contributed by atoms with Crippen molar-refractivity contribution in [2.45, 2.75) is 13.5 Å². The molecule has 0 bridgehead atoms. The van der Waals surface area contributed by atoms with Crippen LogP contribution in [0.5, 0.6) is 0 Å². The van der Waals surface area contributed by atoms with E-state index in [-0.39, 0.29) is 23.6 Å². The molecule has 194 valence electrons. The number of H-pyrrole nitrogens is 1. The summed E-state index contributed by atoms with van der Waals surface area (Å²) in [5, 5.41) is 1.49. The van der Waals surface area contributed by atoms with Gasteiger partial charge in [0.1, 0.15) is 11.5 Å². The number of carbonyl (C=O) groups is 1. The number of nitrogens with one attached hydrogen (secondary N) is 2. The lowest BCUT2D eigenvalue weighted by molar-refractivity contribution is 0.0972. The Hall–Kier alpha value is -4.48. The molecule has 0 fully saturated rings. The molecule has 0 atom stereocenters. The molecule has 0 aliphatic heterocycles. The second-order valence-corrected chi connectivity index (χ2v) is 11.1. The van der Waals surface area contributed by atoms with Crippen LogP contribution in [0.15, 0.2) is 71.7 Å². The van der Waals surface area contributed by atoms with Gasteiger partial charge in [-0.2, -0.15) is 12.7 Å². The van der Waals surface area contributed by atoms with Crippen LogP contribution in [0.2, 0.25) is 0 Å². The molecule has 3 aromatic heterocycles. The lowest BCUT2D eigenvalue weighted by atomic mass is 10.0. The minimum atomic E-state index is -4.13. The molecular weight excluding hydrogens is 504 g/mol. The number of carbonyl (C=O) groups excluding carboxylic acids is 1. The molecule has 4 N–H and O–H groups in total. The molecular formula is C27H26N6O4S. The van der Waals surface area contributed by atoms with Crippen LogP contribution in [0, 0.1) is 6.92 Å². The van der Waals surface area contributed by atoms with Crippen molar-refractivity contribution in [1.82, 2.24) is 23.6 Å². The van der Waals surface area contributed by atoms with Gasteiger partial charge in [-0.3, -0.25) is 9.59 Å². The molecule has 11 heteroatoms. The van der Waals surface area contributed by atoms with Crippen molar-refractivity contribution in [1.29, 1.82) is 0 Å². The van der Waals surface area contributed by atoms with Gasteiger partial charge in [0.05, 0.1) is 12.1 Å². The van der Waals surface area contributed by atoms with Crippen molar-refractivity contribution in [3.63, 3.8) is 0 Å². The summed E-state index contributed by atoms with van der Waals surface area (Å²) in [7, 11) is -1.49. The van der Waals surface area contributed by atoms with E-state index in [2.05, 4.69) is 14.7 Å². The number of anilines is 1. The fraction of sp³-hybridized carbons (Fsp3) is 0.148. The van der Waals surface area contributed by atoms with Crippen LogP contribution >= 0.6 is 0 Å². The van der Waals surface area contributed by atoms with Crippen molar-refractivity contribution >= 4 is 43.7 Å². The minimum Gasteiger partial charge on any atom is -0.383 e. The number of hydrogen-bond donors (Lipinski definition) is 3. The van der Waals surface area contributed by atoms with Crippen LogP contribution in [0.3, 0.4) is 0 Å². The zero-order valence-corrected chi connectivity index (χ0v) is 21.8. The molecule has 2 aromatic carbocycles. The summed E-state index contributed by atoms with van der Waals surface area (Å²) in [5.74, 6) is -0.595. The molecule has 0 aliphatic rings. The highest BCUT2D eigenvalue weighted by atomic mass is 32.2. The van der Waals surface area contributed by atoms with Gasteiger partial charge in [-0.15, -0.1) is 0 Å². The van der Waals surface area contributed by atoms with Gasteiger partial charge < -0.3 is 15.3 Å². The molecule has 0 spiro atoms. The number of hydrogen-bond acceptors (Lipinski definition) is 6. The Bertz CT molecular complexity index is 1890. The average molecular weight is 531 g/mol. The summed E-state index contributed by atoms with van der Waals surface area (Å²) in [5.41, 5.74) is 9.40. The van der Waals surface area contributed by atoms with E-state index >= 15 is 0 Å². The SMILES string of the molecule is Cc1ccc2c(c1)c(-c1ccc[nH]c1=O)c(C(=O)NS(=O)(=O)N(C)C)n2Cc1cc2ccccc2nc1N. The van der Waals surface area contributed by atoms with Crippen molar-refractivity contribution in [3.05, 3.63) is 94.0 Å². The third kappa shape index (κ3) is 4.42. The molecule has 0 radical (unpaired) electrons. The Morgan fingerprint density at radius 1 is 1.11 bits per heavy atom. The van der Waals surface area contributed by atoms with Crippen molar-refractivity contribution < 1.29 is 13.2 Å². The highest BCUT2D eigenvalue weighted by Gasteiger charge is 2.29. The number of para-hydroxylation sites is 1. The quantitative estimate of drug-likeness (QED) is 0.308. The summed E-state index contributed by atoms with van der Waals surface area (Å²) in [4.78, 5) is 33.8. The first kappa shape index (κ1) is 25.2. The third-order valence-electron chi connectivity index (χ3n) is 6.39. The summed E-state index contributed by atoms with van der Waals surface area (Å²) in [6.07, 6.45) is 1.49. The normalized spacial score (nSPS) is 11.9. The summed E-state index contributed by atoms with van der Waals surface area (Å²) >= 11 is 0. The Labute approximate surface area is 218 Å². The predicted octanol–water partition coefficient (Wildman–Crippen LogP) is 3.02. The number of nitrogens with zero attached hydrogens (tertiary/aromatic N) is 3. The Morgan fingerprint density at radius 2 is 1.87 bits per heavy atom. The second-order valence-electron chi connectivity index (χ2n) is 9.19. The van der Waals surface area contributed by atoms with Gasteiger partial charge >= 0.3 is 10.2 Å². The molecule has 3 heterocycles. The van der Waals surface area contributed by atoms with E-state index in [4.69, 9.17) is 5.73 Å². The van der Waals surface area contributed by atoms with Crippen LogP contribution in [0.4, 0.5) is 5.82 Å². The zero-order chi connectivity index (χ0) is 27.2. The van der Waals surface area contributed by atoms with E-state index in [1.807, 2.05) is 55.5 Å². The van der Waals surface area contributed by atoms with Gasteiger partial charge in [-0.05, 0) is 43.3 Å². The van der Waals surface area contributed by atoms with E-state index < -0.39 is 21.7 Å². The van der Waals surface area contributed by atoms with Crippen LogP contribution < -0.4 is 16.0 Å². The van der Waals surface area contributed by atoms with E-state index in [9.17, 15) is 18.0 Å². The maximum Gasteiger partial charge on any atom is 0.303 e. The summed E-state index contributed by atoms with van der Waals surface area (Å²) in [6, 6.07) is 18.3. The van der Waals surface area contributed by atoms with Crippen molar-refractivity contribution in [2.75, 3.05) is 19.8 Å². The molecule has 0 saturated carbocycles. The van der Waals surface area contributed by atoms with Crippen LogP contribution in [-0.4, -0.2) is 47.3 Å². The number of aromatic nitrogens is 3. The molecule has 38 heavy (non-hydrogen) atoms. The lowest BCUT2D eigenvalue weighted by Crippen LogP contribution is -2.40. The van der Waals surface area contributed by atoms with E-state index in [1.54, 1.807) is 16.7 Å². The first-order chi connectivity index (χ1) is 18.1. The van der Waals surface area contributed by atoms with Crippen molar-refractivity contribution in [2.24, 2.45) is 0 Å². The minimum absolute atomic E-state index is 0.0142. The average Bonchev–Trinajstić information content (AvgIpc) is 3.17. The number of pyridine rings is 2. The highest BCUT2D eigenvalue weighted by Crippen LogP contribution is 2.35. The highest BCUT2D eigenvalue weighted by molar-refractivity contribution is 7.87. The number of benzene rings is 2. The molecule has 5 rings (SSSR count). The van der Waals surface area contributed by atoms with Crippen LogP contribution in [0.1, 0.15) is 21.6 Å². The van der Waals surface area contributed by atoms with Crippen molar-refractivity contribution in [3.8, 4) is 11.1 Å². The Morgan fingerprint density at radius 3 is 2.61 bits per heavy atom. The fourth-order valence-electron chi connectivity index (χ4n) is 4.49. The van der Waals surface area contributed by atoms with E-state index in [0.29, 0.717) is 22.0 Å². The number of rotatable bonds is 6. The first-order valence-electron chi connectivity index (χ1n) is 11.8. The second kappa shape index (κ2) is 9.43. The van der Waals surface area contributed by atoms with Crippen LogP contribution in [0.25, 0.3) is 32.9 Å².